The Morgan fingerprint density at radius 3 is 2.76 bits per heavy atom. The quantitative estimate of drug-likeness (QED) is 0.791. The van der Waals surface area contributed by atoms with E-state index in [4.69, 9.17) is 5.73 Å². The Balaban J connectivity index is 2.32. The van der Waals surface area contributed by atoms with Crippen LogP contribution >= 0.6 is 0 Å². The third kappa shape index (κ3) is 5.80. The first-order chi connectivity index (χ1) is 8.11. The van der Waals surface area contributed by atoms with Crippen molar-refractivity contribution in [2.75, 3.05) is 13.6 Å². The predicted octanol–water partition coefficient (Wildman–Crippen LogP) is 2.78. The number of rotatable bonds is 7. The van der Waals surface area contributed by atoms with Crippen LogP contribution in [0.3, 0.4) is 0 Å². The SMILES string of the molecule is CCCC(N)CCN(C)Cc1cccc(F)c1. The Morgan fingerprint density at radius 1 is 1.35 bits per heavy atom. The highest BCUT2D eigenvalue weighted by molar-refractivity contribution is 5.15. The molecule has 1 aromatic rings. The average molecular weight is 238 g/mol. The molecule has 0 heterocycles. The van der Waals surface area contributed by atoms with Crippen LogP contribution in [0.25, 0.3) is 0 Å². The number of halogens is 1. The van der Waals surface area contributed by atoms with Gasteiger partial charge in [-0.1, -0.05) is 25.5 Å². The maximum Gasteiger partial charge on any atom is 0.123 e. The van der Waals surface area contributed by atoms with E-state index in [2.05, 4.69) is 11.8 Å². The maximum atomic E-state index is 13.0. The number of hydrogen-bond donors (Lipinski definition) is 1. The van der Waals surface area contributed by atoms with Crippen molar-refractivity contribution >= 4 is 0 Å². The summed E-state index contributed by atoms with van der Waals surface area (Å²) in [5.41, 5.74) is 6.97. The van der Waals surface area contributed by atoms with Gasteiger partial charge in [-0.3, -0.25) is 0 Å². The van der Waals surface area contributed by atoms with Crippen molar-refractivity contribution in [2.24, 2.45) is 5.73 Å². The molecule has 3 heteroatoms. The summed E-state index contributed by atoms with van der Waals surface area (Å²) in [6, 6.07) is 7.05. The molecular weight excluding hydrogens is 215 g/mol. The maximum absolute atomic E-state index is 13.0. The summed E-state index contributed by atoms with van der Waals surface area (Å²) in [6.45, 7) is 3.88. The number of benzene rings is 1. The van der Waals surface area contributed by atoms with E-state index < -0.39 is 0 Å². The van der Waals surface area contributed by atoms with Crippen LogP contribution in [-0.4, -0.2) is 24.5 Å². The Labute approximate surface area is 104 Å². The smallest absolute Gasteiger partial charge is 0.123 e. The minimum atomic E-state index is -0.168. The second kappa shape index (κ2) is 7.41. The summed E-state index contributed by atoms with van der Waals surface area (Å²) in [6.07, 6.45) is 3.21. The molecule has 0 amide bonds. The summed E-state index contributed by atoms with van der Waals surface area (Å²) in [4.78, 5) is 2.18. The molecule has 0 saturated carbocycles. The second-order valence-corrected chi connectivity index (χ2v) is 4.71. The topological polar surface area (TPSA) is 29.3 Å². The molecule has 17 heavy (non-hydrogen) atoms. The van der Waals surface area contributed by atoms with Gasteiger partial charge in [0.15, 0.2) is 0 Å². The summed E-state index contributed by atoms with van der Waals surface area (Å²) >= 11 is 0. The molecule has 0 aliphatic rings. The number of nitrogens with zero attached hydrogens (tertiary/aromatic N) is 1. The van der Waals surface area contributed by atoms with Gasteiger partial charge in [0.2, 0.25) is 0 Å². The van der Waals surface area contributed by atoms with Gasteiger partial charge in [0, 0.05) is 12.6 Å². The van der Waals surface area contributed by atoms with E-state index in [-0.39, 0.29) is 11.9 Å². The molecule has 2 nitrogen and oxygen atoms in total. The first-order valence-electron chi connectivity index (χ1n) is 6.30. The van der Waals surface area contributed by atoms with Crippen LogP contribution in [0.15, 0.2) is 24.3 Å². The molecule has 0 bridgehead atoms. The Hall–Kier alpha value is -0.930. The van der Waals surface area contributed by atoms with Gasteiger partial charge in [0.05, 0.1) is 0 Å². The normalized spacial score (nSPS) is 13.0. The second-order valence-electron chi connectivity index (χ2n) is 4.71. The van der Waals surface area contributed by atoms with Gasteiger partial charge in [0.25, 0.3) is 0 Å². The van der Waals surface area contributed by atoms with Crippen molar-refractivity contribution < 1.29 is 4.39 Å². The molecule has 1 unspecified atom stereocenters. The van der Waals surface area contributed by atoms with E-state index in [9.17, 15) is 4.39 Å². The van der Waals surface area contributed by atoms with Crippen LogP contribution in [0.1, 0.15) is 31.7 Å². The molecule has 0 aliphatic heterocycles. The fraction of sp³-hybridized carbons (Fsp3) is 0.571. The summed E-state index contributed by atoms with van der Waals surface area (Å²) in [5, 5.41) is 0. The van der Waals surface area contributed by atoms with Gasteiger partial charge < -0.3 is 10.6 Å². The standard InChI is InChI=1S/C14H23FN2/c1-3-5-14(16)8-9-17(2)11-12-6-4-7-13(15)10-12/h4,6-7,10,14H,3,5,8-9,11,16H2,1-2H3. The predicted molar refractivity (Wildman–Crippen MR) is 70.2 cm³/mol. The number of nitrogens with two attached hydrogens (primary N) is 1. The molecule has 0 aliphatic carbocycles. The lowest BCUT2D eigenvalue weighted by Crippen LogP contribution is -2.27. The van der Waals surface area contributed by atoms with Crippen molar-refractivity contribution in [3.8, 4) is 0 Å². The first-order valence-corrected chi connectivity index (χ1v) is 6.30. The fourth-order valence-corrected chi connectivity index (χ4v) is 1.93. The molecule has 1 rings (SSSR count). The summed E-state index contributed by atoms with van der Waals surface area (Å²) in [7, 11) is 2.05. The summed E-state index contributed by atoms with van der Waals surface area (Å²) < 4.78 is 13.0. The lowest BCUT2D eigenvalue weighted by Gasteiger charge is -2.19. The fourth-order valence-electron chi connectivity index (χ4n) is 1.93. The zero-order valence-corrected chi connectivity index (χ0v) is 10.8. The van der Waals surface area contributed by atoms with Gasteiger partial charge in [-0.05, 0) is 44.1 Å². The van der Waals surface area contributed by atoms with Gasteiger partial charge in [-0.25, -0.2) is 4.39 Å². The summed E-state index contributed by atoms with van der Waals surface area (Å²) in [5.74, 6) is -0.168. The van der Waals surface area contributed by atoms with Gasteiger partial charge in [0.1, 0.15) is 5.82 Å². The van der Waals surface area contributed by atoms with Crippen molar-refractivity contribution in [1.29, 1.82) is 0 Å². The van der Waals surface area contributed by atoms with E-state index in [1.165, 1.54) is 6.07 Å². The van der Waals surface area contributed by atoms with Crippen LogP contribution in [0, 0.1) is 5.82 Å². The Morgan fingerprint density at radius 2 is 2.12 bits per heavy atom. The van der Waals surface area contributed by atoms with E-state index in [1.54, 1.807) is 12.1 Å². The van der Waals surface area contributed by atoms with Gasteiger partial charge >= 0.3 is 0 Å². The van der Waals surface area contributed by atoms with Crippen LogP contribution in [-0.2, 0) is 6.54 Å². The molecular formula is C14H23FN2. The van der Waals surface area contributed by atoms with Crippen LogP contribution in [0.5, 0.6) is 0 Å². The monoisotopic (exact) mass is 238 g/mol. The van der Waals surface area contributed by atoms with Crippen molar-refractivity contribution in [2.45, 2.75) is 38.8 Å². The molecule has 96 valence electrons. The zero-order chi connectivity index (χ0) is 12.7. The minimum Gasteiger partial charge on any atom is -0.328 e. The highest BCUT2D eigenvalue weighted by Crippen LogP contribution is 2.07. The molecule has 1 atom stereocenters. The molecule has 1 aromatic carbocycles. The van der Waals surface area contributed by atoms with E-state index >= 15 is 0 Å². The average Bonchev–Trinajstić information content (AvgIpc) is 2.27. The van der Waals surface area contributed by atoms with Gasteiger partial charge in [-0.15, -0.1) is 0 Å². The molecule has 0 radical (unpaired) electrons. The minimum absolute atomic E-state index is 0.168. The highest BCUT2D eigenvalue weighted by atomic mass is 19.1. The van der Waals surface area contributed by atoms with Gasteiger partial charge in [-0.2, -0.15) is 0 Å². The molecule has 0 saturated heterocycles. The van der Waals surface area contributed by atoms with Crippen LogP contribution in [0.4, 0.5) is 4.39 Å². The third-order valence-corrected chi connectivity index (χ3v) is 2.88. The highest BCUT2D eigenvalue weighted by Gasteiger charge is 2.05. The lowest BCUT2D eigenvalue weighted by molar-refractivity contribution is 0.307. The Bertz CT molecular complexity index is 328. The molecule has 2 N–H and O–H groups in total. The van der Waals surface area contributed by atoms with Crippen molar-refractivity contribution in [1.82, 2.24) is 4.90 Å². The van der Waals surface area contributed by atoms with E-state index in [0.29, 0.717) is 0 Å². The molecule has 0 spiro atoms. The first kappa shape index (κ1) is 14.1. The molecule has 0 fully saturated rings. The number of hydrogen-bond acceptors (Lipinski definition) is 2. The lowest BCUT2D eigenvalue weighted by atomic mass is 10.1. The Kier molecular flexibility index (Phi) is 6.16. The zero-order valence-electron chi connectivity index (χ0n) is 10.8. The van der Waals surface area contributed by atoms with Crippen LogP contribution in [0.2, 0.25) is 0 Å². The van der Waals surface area contributed by atoms with Crippen molar-refractivity contribution in [3.05, 3.63) is 35.6 Å². The third-order valence-electron chi connectivity index (χ3n) is 2.88. The largest absolute Gasteiger partial charge is 0.328 e. The van der Waals surface area contributed by atoms with E-state index in [1.807, 2.05) is 13.1 Å². The molecule has 0 aromatic heterocycles. The van der Waals surface area contributed by atoms with E-state index in [0.717, 1.165) is 37.9 Å². The van der Waals surface area contributed by atoms with Crippen molar-refractivity contribution in [3.63, 3.8) is 0 Å². The van der Waals surface area contributed by atoms with Crippen LogP contribution < -0.4 is 5.73 Å².